The van der Waals surface area contributed by atoms with E-state index in [1.54, 1.807) is 0 Å². The van der Waals surface area contributed by atoms with Crippen LogP contribution in [0.3, 0.4) is 0 Å². The molecule has 0 saturated carbocycles. The van der Waals surface area contributed by atoms with Crippen molar-refractivity contribution < 1.29 is 4.74 Å². The molecular weight excluding hydrogens is 930 g/mol. The highest BCUT2D eigenvalue weighted by Crippen LogP contribution is 2.57. The molecule has 0 N–H and O–H groups in total. The van der Waals surface area contributed by atoms with Crippen LogP contribution in [0.5, 0.6) is 11.5 Å². The van der Waals surface area contributed by atoms with E-state index in [-0.39, 0.29) is 39.2 Å². The summed E-state index contributed by atoms with van der Waals surface area (Å²) in [5, 5.41) is 1.32. The molecule has 7 aromatic carbocycles. The molecule has 75 heavy (non-hydrogen) atoms. The highest BCUT2D eigenvalue weighted by atomic mass is 32.1. The van der Waals surface area contributed by atoms with Crippen LogP contribution < -0.4 is 35.1 Å². The molecule has 0 fully saturated rings. The Morgan fingerprint density at radius 1 is 0.467 bits per heavy atom. The van der Waals surface area contributed by atoms with Crippen molar-refractivity contribution in [1.82, 2.24) is 0 Å². The second-order valence-electron chi connectivity index (χ2n) is 27.6. The summed E-state index contributed by atoms with van der Waals surface area (Å²) < 4.78 is 9.49. The lowest BCUT2D eigenvalue weighted by Gasteiger charge is -2.48. The number of nitrogens with zero attached hydrogens (tertiary/aromatic N) is 3. The molecule has 0 spiro atoms. The van der Waals surface area contributed by atoms with Crippen molar-refractivity contribution in [3.8, 4) is 11.5 Å². The Kier molecular flexibility index (Phi) is 10.3. The Labute approximate surface area is 451 Å². The van der Waals surface area contributed by atoms with Gasteiger partial charge >= 0.3 is 0 Å². The van der Waals surface area contributed by atoms with Crippen molar-refractivity contribution in [2.75, 3.05) is 14.7 Å². The third kappa shape index (κ3) is 7.27. The Morgan fingerprint density at radius 2 is 0.960 bits per heavy atom. The van der Waals surface area contributed by atoms with Gasteiger partial charge in [0.05, 0.1) is 22.7 Å². The number of hydrogen-bond donors (Lipinski definition) is 0. The number of hydrogen-bond acceptors (Lipinski definition) is 5. The number of fused-ring (bicyclic) bond motifs is 10. The van der Waals surface area contributed by atoms with Gasteiger partial charge in [0, 0.05) is 43.3 Å². The van der Waals surface area contributed by atoms with Crippen molar-refractivity contribution in [3.05, 3.63) is 166 Å². The molecule has 4 heterocycles. The summed E-state index contributed by atoms with van der Waals surface area (Å²) in [6, 6.07) is 49.7. The van der Waals surface area contributed by atoms with Gasteiger partial charge in [-0.1, -0.05) is 152 Å². The molecule has 8 aromatic rings. The largest absolute Gasteiger partial charge is 0.453 e. The van der Waals surface area contributed by atoms with Gasteiger partial charge in [0.2, 0.25) is 0 Å². The van der Waals surface area contributed by atoms with E-state index < -0.39 is 0 Å². The van der Waals surface area contributed by atoms with Crippen molar-refractivity contribution in [2.45, 2.75) is 162 Å². The van der Waals surface area contributed by atoms with Crippen LogP contribution in [0, 0.1) is 6.92 Å². The van der Waals surface area contributed by atoms with Gasteiger partial charge in [-0.25, -0.2) is 0 Å². The van der Waals surface area contributed by atoms with E-state index in [2.05, 4.69) is 246 Å². The smallest absolute Gasteiger partial charge is 0.264 e. The van der Waals surface area contributed by atoms with Crippen LogP contribution in [0.4, 0.5) is 51.2 Å². The molecule has 0 radical (unpaired) electrons. The summed E-state index contributed by atoms with van der Waals surface area (Å²) in [5.74, 6) is 1.70. The number of thiophene rings is 1. The summed E-state index contributed by atoms with van der Waals surface area (Å²) in [7, 11) is 0. The molecule has 6 heteroatoms. The zero-order chi connectivity index (χ0) is 52.7. The first kappa shape index (κ1) is 48.4. The maximum atomic E-state index is 6.75. The highest BCUT2D eigenvalue weighted by molar-refractivity contribution is 7.33. The highest BCUT2D eigenvalue weighted by Gasteiger charge is 2.49. The summed E-state index contributed by atoms with van der Waals surface area (Å²) in [4.78, 5) is 7.88. The predicted molar refractivity (Wildman–Crippen MR) is 323 cm³/mol. The fourth-order valence-electron chi connectivity index (χ4n) is 13.7. The van der Waals surface area contributed by atoms with Crippen molar-refractivity contribution in [3.63, 3.8) is 0 Å². The van der Waals surface area contributed by atoms with Crippen LogP contribution in [0.1, 0.15) is 162 Å². The number of aryl methyl sites for hydroxylation is 1. The quantitative estimate of drug-likeness (QED) is 0.164. The third-order valence-electron chi connectivity index (χ3n) is 18.6. The monoisotopic (exact) mass is 1000 g/mol. The van der Waals surface area contributed by atoms with Crippen LogP contribution in [0.15, 0.2) is 127 Å². The molecule has 5 aliphatic rings. The summed E-state index contributed by atoms with van der Waals surface area (Å²) >= 11 is 2.01. The molecule has 0 saturated heterocycles. The van der Waals surface area contributed by atoms with E-state index in [9.17, 15) is 0 Å². The number of ether oxygens (including phenoxy) is 1. The standard InChI is InChI=1S/C69H74BN3OS/c1-41-34-47-49(68(12,13)32-30-66(47,8)9)39-54(41)73-55-40-50-48(67(10,11)31-33-69(50,14)15)38-51(55)70-61-56(36-45(37-57(61)73)71-52-20-16-18-22-58(52)74-59-23-19-17-21-53(59)71)72(44-27-24-42(25-28-44)64(2,3)4)62-46-35-43(65(5,6)7)26-29-60(46)75-63(62)70/h16-29,34-40H,30-33H2,1-15H3. The fraction of sp³-hybridized carbons (Fsp3) is 0.362. The van der Waals surface area contributed by atoms with Crippen LogP contribution in [0.2, 0.25) is 0 Å². The molecule has 0 bridgehead atoms. The third-order valence-corrected chi connectivity index (χ3v) is 19.8. The van der Waals surface area contributed by atoms with Crippen LogP contribution >= 0.6 is 11.3 Å². The molecular formula is C69H74BN3OS. The topological polar surface area (TPSA) is 19.0 Å². The summed E-state index contributed by atoms with van der Waals surface area (Å²) in [6.07, 6.45) is 4.64. The van der Waals surface area contributed by atoms with Gasteiger partial charge in [0.25, 0.3) is 6.71 Å². The maximum Gasteiger partial charge on any atom is 0.264 e. The normalized spacial score (nSPS) is 18.3. The number of benzene rings is 7. The van der Waals surface area contributed by atoms with E-state index in [0.717, 1.165) is 47.8 Å². The number of anilines is 9. The summed E-state index contributed by atoms with van der Waals surface area (Å²) in [6.45, 7) is 36.3. The van der Waals surface area contributed by atoms with E-state index in [1.807, 2.05) is 11.3 Å². The fourth-order valence-corrected chi connectivity index (χ4v) is 15.0. The average molecular weight is 1000 g/mol. The van der Waals surface area contributed by atoms with E-state index >= 15 is 0 Å². The van der Waals surface area contributed by atoms with Crippen LogP contribution in [-0.2, 0) is 32.5 Å². The Morgan fingerprint density at radius 3 is 1.52 bits per heavy atom. The molecule has 1 aromatic heterocycles. The Hall–Kier alpha value is -6.24. The van der Waals surface area contributed by atoms with Gasteiger partial charge in [-0.05, 0) is 188 Å². The predicted octanol–water partition coefficient (Wildman–Crippen LogP) is 18.2. The zero-order valence-corrected chi connectivity index (χ0v) is 48.0. The first-order valence-electron chi connectivity index (χ1n) is 27.8. The van der Waals surface area contributed by atoms with Gasteiger partial charge in [-0.15, -0.1) is 11.3 Å². The molecule has 0 amide bonds. The SMILES string of the molecule is Cc1cc2c(cc1N1c3cc4c(cc3B3c5sc6ccc(C(C)(C)C)cc6c5N(c5ccc(C(C)(C)C)cc5)c5cc(N6c7ccccc7Oc7ccccc76)cc1c53)C(C)(C)CCC4(C)C)C(C)(C)CCC2(C)C. The molecule has 3 aliphatic heterocycles. The maximum absolute atomic E-state index is 6.75. The molecule has 13 rings (SSSR count). The van der Waals surface area contributed by atoms with Crippen LogP contribution in [0.25, 0.3) is 10.1 Å². The minimum Gasteiger partial charge on any atom is -0.453 e. The molecule has 4 nitrogen and oxygen atoms in total. The van der Waals surface area contributed by atoms with Crippen molar-refractivity contribution in [2.24, 2.45) is 0 Å². The van der Waals surface area contributed by atoms with E-state index in [4.69, 9.17) is 4.74 Å². The minimum atomic E-state index is -0.0296. The minimum absolute atomic E-state index is 0.00564. The van der Waals surface area contributed by atoms with Gasteiger partial charge in [-0.3, -0.25) is 0 Å². The first-order valence-corrected chi connectivity index (χ1v) is 28.6. The lowest BCUT2D eigenvalue weighted by atomic mass is 9.35. The number of para-hydroxylation sites is 4. The zero-order valence-electron chi connectivity index (χ0n) is 47.2. The first-order chi connectivity index (χ1) is 35.3. The van der Waals surface area contributed by atoms with Gasteiger partial charge in [0.15, 0.2) is 11.5 Å². The van der Waals surface area contributed by atoms with Crippen LogP contribution in [-0.4, -0.2) is 6.71 Å². The van der Waals surface area contributed by atoms with Crippen molar-refractivity contribution in [1.29, 1.82) is 0 Å². The van der Waals surface area contributed by atoms with Gasteiger partial charge < -0.3 is 19.4 Å². The molecule has 0 unspecified atom stereocenters. The van der Waals surface area contributed by atoms with E-state index in [1.165, 1.54) is 105 Å². The Bertz CT molecular complexity index is 3660. The lowest BCUT2D eigenvalue weighted by molar-refractivity contribution is 0.331. The van der Waals surface area contributed by atoms with Gasteiger partial charge in [0.1, 0.15) is 0 Å². The molecule has 0 atom stereocenters. The second kappa shape index (κ2) is 15.9. The van der Waals surface area contributed by atoms with E-state index in [0.29, 0.717) is 0 Å². The molecule has 2 aliphatic carbocycles. The number of rotatable bonds is 3. The Balaban J connectivity index is 1.21. The van der Waals surface area contributed by atoms with Crippen molar-refractivity contribution >= 4 is 95.0 Å². The average Bonchev–Trinajstić information content (AvgIpc) is 3.79. The second-order valence-corrected chi connectivity index (χ2v) is 28.7. The van der Waals surface area contributed by atoms with Gasteiger partial charge in [-0.2, -0.15) is 0 Å². The summed E-state index contributed by atoms with van der Waals surface area (Å²) in [5.41, 5.74) is 23.5. The lowest BCUT2D eigenvalue weighted by Crippen LogP contribution is -2.61. The molecule has 380 valence electrons.